The van der Waals surface area contributed by atoms with Gasteiger partial charge in [-0.05, 0) is 44.0 Å². The summed E-state index contributed by atoms with van der Waals surface area (Å²) in [5.41, 5.74) is 1.06. The van der Waals surface area contributed by atoms with Gasteiger partial charge in [0.25, 0.3) is 0 Å². The van der Waals surface area contributed by atoms with Crippen molar-refractivity contribution in [1.29, 1.82) is 0 Å². The predicted molar refractivity (Wildman–Crippen MR) is 136 cm³/mol. The summed E-state index contributed by atoms with van der Waals surface area (Å²) in [6, 6.07) is 0.228. The number of aliphatic hydroxyl groups excluding tert-OH is 2. The molecule has 3 aromatic rings. The van der Waals surface area contributed by atoms with E-state index in [1.807, 2.05) is 0 Å². The van der Waals surface area contributed by atoms with E-state index in [2.05, 4.69) is 49.8 Å². The highest BCUT2D eigenvalue weighted by molar-refractivity contribution is 5.84. The zero-order valence-electron chi connectivity index (χ0n) is 21.7. The maximum absolute atomic E-state index is 10.9. The van der Waals surface area contributed by atoms with Crippen molar-refractivity contribution in [3.8, 4) is 0 Å². The average molecular weight is 516 g/mol. The lowest BCUT2D eigenvalue weighted by atomic mass is 10.1. The van der Waals surface area contributed by atoms with Gasteiger partial charge in [-0.2, -0.15) is 14.8 Å². The average Bonchev–Trinajstić information content (AvgIpc) is 3.61. The number of aryl methyl sites for hydroxylation is 1. The van der Waals surface area contributed by atoms with E-state index in [1.54, 1.807) is 17.9 Å². The topological polar surface area (TPSA) is 164 Å². The molecule has 2 aliphatic heterocycles. The molecule has 3 aromatic heterocycles. The first-order chi connectivity index (χ1) is 18.0. The zero-order chi connectivity index (χ0) is 25.9. The summed E-state index contributed by atoms with van der Waals surface area (Å²) in [6.45, 7) is 8.13. The van der Waals surface area contributed by atoms with Crippen LogP contribution in [0.25, 0.3) is 11.2 Å². The maximum Gasteiger partial charge on any atom is 0.226 e. The van der Waals surface area contributed by atoms with Crippen molar-refractivity contribution in [2.45, 2.75) is 76.5 Å². The number of rotatable bonds is 10. The van der Waals surface area contributed by atoms with Crippen molar-refractivity contribution in [1.82, 2.24) is 44.6 Å². The molecule has 0 radical (unpaired) electrons. The van der Waals surface area contributed by atoms with Crippen LogP contribution in [0.2, 0.25) is 0 Å². The van der Waals surface area contributed by atoms with Gasteiger partial charge in [-0.3, -0.25) is 4.57 Å². The minimum atomic E-state index is -1.24. The van der Waals surface area contributed by atoms with Crippen LogP contribution in [0.4, 0.5) is 11.8 Å². The van der Waals surface area contributed by atoms with E-state index in [0.717, 1.165) is 32.5 Å². The first kappa shape index (κ1) is 25.7. The molecule has 2 aliphatic rings. The molecule has 14 heteroatoms. The summed E-state index contributed by atoms with van der Waals surface area (Å²) in [4.78, 5) is 17.8. The lowest BCUT2D eigenvalue weighted by Crippen LogP contribution is -2.34. The number of likely N-dealkylation sites (tertiary alicyclic amines) is 1. The number of hydrogen-bond acceptors (Lipinski definition) is 12. The van der Waals surface area contributed by atoms with Crippen molar-refractivity contribution in [3.05, 3.63) is 12.2 Å². The Balaban J connectivity index is 1.43. The van der Waals surface area contributed by atoms with Gasteiger partial charge < -0.3 is 30.5 Å². The molecule has 202 valence electrons. The fraction of sp³-hybridized carbons (Fsp3) is 0.739. The number of fused-ring (bicyclic) bond motifs is 1. The SMILES string of the molecule is CCC(CC)Nc1nc(NCCN2CCCCC2)nc2c1ncn2[C@@H]1O[C@H](c2nnn(C)n2)[C@@H](O)[C@H]1O. The molecule has 5 rings (SSSR count). The maximum atomic E-state index is 10.9. The minimum absolute atomic E-state index is 0.201. The van der Waals surface area contributed by atoms with Gasteiger partial charge in [0, 0.05) is 19.1 Å². The quantitative estimate of drug-likeness (QED) is 0.301. The monoisotopic (exact) mass is 515 g/mol. The van der Waals surface area contributed by atoms with Crippen LogP contribution in [0.1, 0.15) is 64.1 Å². The van der Waals surface area contributed by atoms with E-state index >= 15 is 0 Å². The molecule has 4 atom stereocenters. The van der Waals surface area contributed by atoms with Crippen molar-refractivity contribution in [3.63, 3.8) is 0 Å². The number of nitrogens with one attached hydrogen (secondary N) is 2. The molecule has 0 amide bonds. The van der Waals surface area contributed by atoms with E-state index < -0.39 is 24.5 Å². The van der Waals surface area contributed by atoms with E-state index in [4.69, 9.17) is 14.7 Å². The Morgan fingerprint density at radius 2 is 1.89 bits per heavy atom. The van der Waals surface area contributed by atoms with Crippen molar-refractivity contribution < 1.29 is 14.9 Å². The highest BCUT2D eigenvalue weighted by Crippen LogP contribution is 2.39. The van der Waals surface area contributed by atoms with Gasteiger partial charge >= 0.3 is 0 Å². The van der Waals surface area contributed by atoms with Crippen molar-refractivity contribution in [2.75, 3.05) is 36.8 Å². The molecule has 2 saturated heterocycles. The normalized spacial score (nSPS) is 24.8. The number of imidazole rings is 1. The van der Waals surface area contributed by atoms with Crippen LogP contribution in [-0.2, 0) is 11.8 Å². The van der Waals surface area contributed by atoms with E-state index in [-0.39, 0.29) is 11.9 Å². The summed E-state index contributed by atoms with van der Waals surface area (Å²) in [5, 5.41) is 40.3. The van der Waals surface area contributed by atoms with Crippen LogP contribution < -0.4 is 10.6 Å². The van der Waals surface area contributed by atoms with Gasteiger partial charge in [0.1, 0.15) is 12.2 Å². The molecule has 0 saturated carbocycles. The van der Waals surface area contributed by atoms with E-state index in [0.29, 0.717) is 29.5 Å². The standard InChI is InChI=1S/C23H37N11O3/c1-4-14(5-2)26-19-15-21(28-23(27-19)24-9-12-33-10-7-6-8-11-33)34(13-25-15)22-17(36)16(35)18(37-22)20-29-31-32(3)30-20/h13-14,16-18,22,35-36H,4-12H2,1-3H3,(H2,24,26,27,28)/t16-,17+,18-,22+/m0/s1. The molecule has 37 heavy (non-hydrogen) atoms. The highest BCUT2D eigenvalue weighted by Gasteiger charge is 2.47. The number of nitrogens with zero attached hydrogens (tertiary/aromatic N) is 9. The molecule has 0 spiro atoms. The fourth-order valence-electron chi connectivity index (χ4n) is 4.99. The van der Waals surface area contributed by atoms with Gasteiger partial charge in [0.05, 0.1) is 13.4 Å². The molecule has 4 N–H and O–H groups in total. The molecule has 0 aromatic carbocycles. The smallest absolute Gasteiger partial charge is 0.226 e. The van der Waals surface area contributed by atoms with Crippen LogP contribution in [0, 0.1) is 0 Å². The van der Waals surface area contributed by atoms with Crippen LogP contribution >= 0.6 is 0 Å². The third-order valence-corrected chi connectivity index (χ3v) is 7.20. The Morgan fingerprint density at radius 1 is 1.11 bits per heavy atom. The molecular weight excluding hydrogens is 478 g/mol. The van der Waals surface area contributed by atoms with Gasteiger partial charge in [0.2, 0.25) is 11.8 Å². The number of tetrazole rings is 1. The third-order valence-electron chi connectivity index (χ3n) is 7.20. The second kappa shape index (κ2) is 11.2. The Morgan fingerprint density at radius 3 is 2.59 bits per heavy atom. The number of ether oxygens (including phenoxy) is 1. The zero-order valence-corrected chi connectivity index (χ0v) is 21.7. The summed E-state index contributed by atoms with van der Waals surface area (Å²) in [6.07, 6.45) is 2.86. The third kappa shape index (κ3) is 5.37. The van der Waals surface area contributed by atoms with Gasteiger partial charge in [-0.25, -0.2) is 4.98 Å². The lowest BCUT2D eigenvalue weighted by molar-refractivity contribution is -0.0384. The predicted octanol–water partition coefficient (Wildman–Crippen LogP) is 0.840. The molecule has 0 aliphatic carbocycles. The minimum Gasteiger partial charge on any atom is -0.387 e. The molecular formula is C23H37N11O3. The first-order valence-corrected chi connectivity index (χ1v) is 13.2. The number of anilines is 2. The molecule has 14 nitrogen and oxygen atoms in total. The number of aromatic nitrogens is 8. The Kier molecular flexibility index (Phi) is 7.79. The van der Waals surface area contributed by atoms with Crippen molar-refractivity contribution >= 4 is 22.9 Å². The van der Waals surface area contributed by atoms with Crippen LogP contribution in [0.3, 0.4) is 0 Å². The lowest BCUT2D eigenvalue weighted by Gasteiger charge is -2.26. The largest absolute Gasteiger partial charge is 0.387 e. The highest BCUT2D eigenvalue weighted by atomic mass is 16.6. The summed E-state index contributed by atoms with van der Waals surface area (Å²) in [7, 11) is 1.63. The number of aliphatic hydroxyl groups is 2. The fourth-order valence-corrected chi connectivity index (χ4v) is 4.99. The van der Waals surface area contributed by atoms with Gasteiger partial charge in [0.15, 0.2) is 29.3 Å². The van der Waals surface area contributed by atoms with Crippen LogP contribution in [0.15, 0.2) is 6.33 Å². The van der Waals surface area contributed by atoms with Crippen molar-refractivity contribution in [2.24, 2.45) is 7.05 Å². The number of hydrogen-bond donors (Lipinski definition) is 4. The molecule has 0 bridgehead atoms. The molecule has 5 heterocycles. The Labute approximate surface area is 215 Å². The summed E-state index contributed by atoms with van der Waals surface area (Å²) >= 11 is 0. The second-order valence-electron chi connectivity index (χ2n) is 9.77. The van der Waals surface area contributed by atoms with Gasteiger partial charge in [-0.15, -0.1) is 10.2 Å². The van der Waals surface area contributed by atoms with Gasteiger partial charge in [-0.1, -0.05) is 20.3 Å². The first-order valence-electron chi connectivity index (χ1n) is 13.2. The Hall–Kier alpha value is -2.94. The molecule has 2 fully saturated rings. The number of piperidine rings is 1. The van der Waals surface area contributed by atoms with Crippen LogP contribution in [0.5, 0.6) is 0 Å². The van der Waals surface area contributed by atoms with Crippen LogP contribution in [-0.4, -0.2) is 99.3 Å². The Bertz CT molecular complexity index is 1170. The summed E-state index contributed by atoms with van der Waals surface area (Å²) in [5.74, 6) is 1.30. The van der Waals surface area contributed by atoms with E-state index in [1.165, 1.54) is 24.1 Å². The van der Waals surface area contributed by atoms with E-state index in [9.17, 15) is 10.2 Å². The molecule has 0 unspecified atom stereocenters. The summed E-state index contributed by atoms with van der Waals surface area (Å²) < 4.78 is 7.67. The second-order valence-corrected chi connectivity index (χ2v) is 9.77.